The number of carbonyl (C=O) groups excluding carboxylic acids is 3. The third-order valence-electron chi connectivity index (χ3n) is 14.3. The summed E-state index contributed by atoms with van der Waals surface area (Å²) in [7, 11) is 0. The molecular formula is C77H126O6. The molecule has 6 nitrogen and oxygen atoms in total. The van der Waals surface area contributed by atoms with Gasteiger partial charge in [-0.05, 0) is 128 Å². The highest BCUT2D eigenvalue weighted by atomic mass is 16.6. The van der Waals surface area contributed by atoms with E-state index in [-0.39, 0.29) is 31.6 Å². The Bertz CT molecular complexity index is 1800. The normalized spacial score (nSPS) is 13.0. The molecule has 0 radical (unpaired) electrons. The minimum atomic E-state index is -0.836. The van der Waals surface area contributed by atoms with Crippen molar-refractivity contribution >= 4 is 17.9 Å². The molecule has 6 heteroatoms. The van der Waals surface area contributed by atoms with Crippen molar-refractivity contribution in [2.45, 2.75) is 309 Å². The molecule has 0 heterocycles. The number of allylic oxidation sites excluding steroid dienone is 24. The molecule has 0 aliphatic heterocycles. The van der Waals surface area contributed by atoms with Crippen LogP contribution in [0.1, 0.15) is 303 Å². The molecule has 0 saturated carbocycles. The highest BCUT2D eigenvalue weighted by Crippen LogP contribution is 2.16. The topological polar surface area (TPSA) is 78.9 Å². The molecule has 0 spiro atoms. The predicted octanol–water partition coefficient (Wildman–Crippen LogP) is 23.9. The van der Waals surface area contributed by atoms with Gasteiger partial charge in [-0.3, -0.25) is 14.4 Å². The lowest BCUT2D eigenvalue weighted by Gasteiger charge is -2.18. The van der Waals surface area contributed by atoms with Crippen molar-refractivity contribution in [1.82, 2.24) is 0 Å². The van der Waals surface area contributed by atoms with Crippen LogP contribution in [0.5, 0.6) is 0 Å². The third kappa shape index (κ3) is 68.0. The number of hydrogen-bond donors (Lipinski definition) is 0. The molecule has 1 unspecified atom stereocenters. The number of carbonyl (C=O) groups is 3. The minimum absolute atomic E-state index is 0.120. The number of esters is 3. The first-order valence-electron chi connectivity index (χ1n) is 34.3. The lowest BCUT2D eigenvalue weighted by molar-refractivity contribution is -0.166. The van der Waals surface area contributed by atoms with Crippen LogP contribution in [0.15, 0.2) is 146 Å². The summed E-state index contributed by atoms with van der Waals surface area (Å²) >= 11 is 0. The summed E-state index contributed by atoms with van der Waals surface area (Å²) in [5.41, 5.74) is 0. The van der Waals surface area contributed by atoms with Gasteiger partial charge in [-0.1, -0.05) is 301 Å². The average Bonchev–Trinajstić information content (AvgIpc) is 3.49. The van der Waals surface area contributed by atoms with Crippen molar-refractivity contribution in [1.29, 1.82) is 0 Å². The summed E-state index contributed by atoms with van der Waals surface area (Å²) in [4.78, 5) is 38.4. The zero-order valence-corrected chi connectivity index (χ0v) is 53.9. The van der Waals surface area contributed by atoms with E-state index in [1.54, 1.807) is 0 Å². The van der Waals surface area contributed by atoms with E-state index < -0.39 is 12.1 Å². The lowest BCUT2D eigenvalue weighted by Crippen LogP contribution is -2.30. The zero-order chi connectivity index (χ0) is 59.9. The molecule has 0 aromatic carbocycles. The molecule has 1 atom stereocenters. The maximum atomic E-state index is 12.9. The molecule has 0 aromatic heterocycles. The Morgan fingerprint density at radius 2 is 0.494 bits per heavy atom. The molecule has 0 aromatic rings. The molecule has 0 aliphatic carbocycles. The van der Waals surface area contributed by atoms with Crippen LogP contribution in [0.25, 0.3) is 0 Å². The monoisotopic (exact) mass is 1150 g/mol. The number of hydrogen-bond acceptors (Lipinski definition) is 6. The number of ether oxygens (including phenoxy) is 3. The standard InChI is InChI=1S/C77H126O6/c1-4-7-10-13-16-19-22-25-28-31-33-34-35-36-37-38-39-40-41-42-44-46-49-52-55-58-61-64-67-70-76(79)82-73-74(72-81-75(78)69-66-63-60-57-54-51-48-45-30-27-24-21-18-15-12-9-6-3)83-77(80)71-68-65-62-59-56-53-50-47-43-32-29-26-23-20-17-14-11-8-5-2/h8-9,11-12,17-18,20-22,25-27,29-31,33,43,47-48,51,53,56,62,65,74H,4-7,10,13-16,19,23-24,28,32,34-42,44-46,49-50,52,54-55,57-61,63-64,66-73H2,1-3H3/b11-8-,12-9-,20-17-,21-18-,25-22-,29-26-,30-27-,33-31-,47-43-,51-48-,56-53-,65-62-. The quantitative estimate of drug-likeness (QED) is 0.0261. The average molecular weight is 1150 g/mol. The number of rotatable bonds is 61. The second-order valence-electron chi connectivity index (χ2n) is 22.3. The largest absolute Gasteiger partial charge is 0.462 e. The van der Waals surface area contributed by atoms with Gasteiger partial charge in [-0.15, -0.1) is 0 Å². The summed E-state index contributed by atoms with van der Waals surface area (Å²) in [6.45, 7) is 6.34. The Morgan fingerprint density at radius 1 is 0.253 bits per heavy atom. The first-order chi connectivity index (χ1) is 41.0. The predicted molar refractivity (Wildman–Crippen MR) is 362 cm³/mol. The Hall–Kier alpha value is -4.71. The lowest BCUT2D eigenvalue weighted by atomic mass is 10.0. The Kier molecular flexibility index (Phi) is 65.8. The van der Waals surface area contributed by atoms with Crippen molar-refractivity contribution in [2.24, 2.45) is 0 Å². The Balaban J connectivity index is 4.41. The summed E-state index contributed by atoms with van der Waals surface area (Å²) < 4.78 is 16.9. The molecule has 0 saturated heterocycles. The zero-order valence-electron chi connectivity index (χ0n) is 53.9. The Labute approximate surface area is 512 Å². The second kappa shape index (κ2) is 69.8. The third-order valence-corrected chi connectivity index (χ3v) is 14.3. The van der Waals surface area contributed by atoms with Gasteiger partial charge >= 0.3 is 17.9 Å². The SMILES string of the molecule is CC/C=C\C/C=C\C/C=C\C/C=C\C/C=C\C/C=C\CCC(=O)OC(COC(=O)CCCCCC/C=C\C/C=C\C/C=C\C/C=C\CC)COC(=O)CCCCCCCCCCCCCCCCCCC/C=C\C/C=C\CCCCCCC. The van der Waals surface area contributed by atoms with E-state index in [0.29, 0.717) is 19.3 Å². The highest BCUT2D eigenvalue weighted by Gasteiger charge is 2.19. The van der Waals surface area contributed by atoms with Gasteiger partial charge in [-0.2, -0.15) is 0 Å². The van der Waals surface area contributed by atoms with Crippen molar-refractivity contribution < 1.29 is 28.6 Å². The van der Waals surface area contributed by atoms with Crippen molar-refractivity contribution in [3.05, 3.63) is 146 Å². The van der Waals surface area contributed by atoms with E-state index in [0.717, 1.165) is 122 Å². The molecule has 470 valence electrons. The van der Waals surface area contributed by atoms with Gasteiger partial charge in [0.05, 0.1) is 0 Å². The van der Waals surface area contributed by atoms with E-state index in [9.17, 15) is 14.4 Å². The van der Waals surface area contributed by atoms with Gasteiger partial charge in [0.2, 0.25) is 0 Å². The molecule has 0 amide bonds. The molecule has 0 bridgehead atoms. The fourth-order valence-electron chi connectivity index (χ4n) is 9.26. The second-order valence-corrected chi connectivity index (χ2v) is 22.3. The van der Waals surface area contributed by atoms with Crippen molar-refractivity contribution in [2.75, 3.05) is 13.2 Å². The van der Waals surface area contributed by atoms with Crippen LogP contribution in [0.4, 0.5) is 0 Å². The first kappa shape index (κ1) is 78.3. The summed E-state index contributed by atoms with van der Waals surface area (Å²) in [5.74, 6) is -1.03. The van der Waals surface area contributed by atoms with Gasteiger partial charge < -0.3 is 14.2 Å². The van der Waals surface area contributed by atoms with Gasteiger partial charge in [-0.25, -0.2) is 0 Å². The maximum absolute atomic E-state index is 12.9. The summed E-state index contributed by atoms with van der Waals surface area (Å²) in [6.07, 6.45) is 100. The van der Waals surface area contributed by atoms with Gasteiger partial charge in [0.25, 0.3) is 0 Å². The minimum Gasteiger partial charge on any atom is -0.462 e. The van der Waals surface area contributed by atoms with Crippen LogP contribution >= 0.6 is 0 Å². The van der Waals surface area contributed by atoms with Crippen molar-refractivity contribution in [3.63, 3.8) is 0 Å². The van der Waals surface area contributed by atoms with Crippen LogP contribution < -0.4 is 0 Å². The van der Waals surface area contributed by atoms with E-state index >= 15 is 0 Å². The van der Waals surface area contributed by atoms with Crippen LogP contribution in [0.3, 0.4) is 0 Å². The van der Waals surface area contributed by atoms with Crippen LogP contribution in [0, 0.1) is 0 Å². The van der Waals surface area contributed by atoms with E-state index in [4.69, 9.17) is 14.2 Å². The smallest absolute Gasteiger partial charge is 0.306 e. The Morgan fingerprint density at radius 3 is 0.783 bits per heavy atom. The molecule has 0 N–H and O–H groups in total. The molecule has 0 rings (SSSR count). The molecule has 0 fully saturated rings. The van der Waals surface area contributed by atoms with Gasteiger partial charge in [0.1, 0.15) is 13.2 Å². The molecule has 0 aliphatic rings. The van der Waals surface area contributed by atoms with Crippen LogP contribution in [0.2, 0.25) is 0 Å². The van der Waals surface area contributed by atoms with Gasteiger partial charge in [0.15, 0.2) is 6.10 Å². The maximum Gasteiger partial charge on any atom is 0.306 e. The van der Waals surface area contributed by atoms with Crippen LogP contribution in [-0.2, 0) is 28.6 Å². The summed E-state index contributed by atoms with van der Waals surface area (Å²) in [6, 6.07) is 0. The first-order valence-corrected chi connectivity index (χ1v) is 34.3. The number of unbranched alkanes of at least 4 members (excludes halogenated alkanes) is 26. The van der Waals surface area contributed by atoms with E-state index in [2.05, 4.69) is 161 Å². The molecular weight excluding hydrogens is 1020 g/mol. The van der Waals surface area contributed by atoms with Crippen molar-refractivity contribution in [3.8, 4) is 0 Å². The molecule has 83 heavy (non-hydrogen) atoms. The highest BCUT2D eigenvalue weighted by molar-refractivity contribution is 5.71. The van der Waals surface area contributed by atoms with Gasteiger partial charge in [0, 0.05) is 19.3 Å². The van der Waals surface area contributed by atoms with Crippen LogP contribution in [-0.4, -0.2) is 37.2 Å². The van der Waals surface area contributed by atoms with E-state index in [1.807, 2.05) is 6.08 Å². The fraction of sp³-hybridized carbons (Fsp3) is 0.649. The summed E-state index contributed by atoms with van der Waals surface area (Å²) in [5, 5.41) is 0. The fourth-order valence-corrected chi connectivity index (χ4v) is 9.26. The van der Waals surface area contributed by atoms with E-state index in [1.165, 1.54) is 135 Å².